The molecular formula is C15H17ClFN3OS2. The van der Waals surface area contributed by atoms with E-state index in [0.717, 1.165) is 6.20 Å². The second-order valence-electron chi connectivity index (χ2n) is 5.60. The van der Waals surface area contributed by atoms with Gasteiger partial charge in [-0.3, -0.25) is 9.78 Å². The second kappa shape index (κ2) is 7.15. The fraction of sp³-hybridized carbons (Fsp3) is 0.400. The fourth-order valence-electron chi connectivity index (χ4n) is 1.82. The molecule has 124 valence electrons. The lowest BCUT2D eigenvalue weighted by Gasteiger charge is -2.24. The van der Waals surface area contributed by atoms with Gasteiger partial charge in [0.25, 0.3) is 0 Å². The zero-order valence-corrected chi connectivity index (χ0v) is 15.7. The molecule has 0 aliphatic rings. The van der Waals surface area contributed by atoms with E-state index < -0.39 is 5.82 Å². The van der Waals surface area contributed by atoms with Crippen molar-refractivity contribution in [2.75, 3.05) is 18.2 Å². The third-order valence-electron chi connectivity index (χ3n) is 3.33. The van der Waals surface area contributed by atoms with Gasteiger partial charge in [0, 0.05) is 30.0 Å². The number of amides is 1. The summed E-state index contributed by atoms with van der Waals surface area (Å²) in [5.41, 5.74) is 0.536. The minimum absolute atomic E-state index is 0.0428. The second-order valence-corrected chi connectivity index (χ2v) is 8.45. The van der Waals surface area contributed by atoms with Gasteiger partial charge in [0.1, 0.15) is 15.8 Å². The SMILES string of the molecule is CSC(C)(C)CC(=O)N(C)c1sc(-c2cncc(F)c2)nc1Cl. The summed E-state index contributed by atoms with van der Waals surface area (Å²) >= 11 is 9.04. The van der Waals surface area contributed by atoms with E-state index in [1.165, 1.54) is 28.5 Å². The van der Waals surface area contributed by atoms with Gasteiger partial charge in [0.15, 0.2) is 5.15 Å². The van der Waals surface area contributed by atoms with Crippen molar-refractivity contribution in [1.82, 2.24) is 9.97 Å². The fourth-order valence-corrected chi connectivity index (χ4v) is 3.38. The molecule has 2 heterocycles. The molecule has 4 nitrogen and oxygen atoms in total. The van der Waals surface area contributed by atoms with Crippen LogP contribution in [-0.4, -0.2) is 33.9 Å². The highest BCUT2D eigenvalue weighted by Crippen LogP contribution is 2.38. The largest absolute Gasteiger partial charge is 0.304 e. The molecule has 0 bridgehead atoms. The number of anilines is 1. The minimum atomic E-state index is -0.443. The van der Waals surface area contributed by atoms with Crippen molar-refractivity contribution in [1.29, 1.82) is 0 Å². The van der Waals surface area contributed by atoms with Gasteiger partial charge in [0.05, 0.1) is 6.20 Å². The third-order valence-corrected chi connectivity index (χ3v) is 6.14. The number of aromatic nitrogens is 2. The average Bonchev–Trinajstić information content (AvgIpc) is 2.88. The van der Waals surface area contributed by atoms with Crippen molar-refractivity contribution in [3.8, 4) is 10.6 Å². The van der Waals surface area contributed by atoms with E-state index in [1.807, 2.05) is 20.1 Å². The van der Waals surface area contributed by atoms with Crippen molar-refractivity contribution < 1.29 is 9.18 Å². The predicted octanol–water partition coefficient (Wildman–Crippen LogP) is 4.49. The van der Waals surface area contributed by atoms with E-state index in [-0.39, 0.29) is 15.8 Å². The van der Waals surface area contributed by atoms with E-state index in [2.05, 4.69) is 9.97 Å². The van der Waals surface area contributed by atoms with Gasteiger partial charge in [-0.05, 0) is 12.3 Å². The zero-order chi connectivity index (χ0) is 17.2. The molecule has 1 amide bonds. The van der Waals surface area contributed by atoms with Gasteiger partial charge in [-0.1, -0.05) is 36.8 Å². The van der Waals surface area contributed by atoms with Gasteiger partial charge < -0.3 is 4.90 Å². The van der Waals surface area contributed by atoms with E-state index in [1.54, 1.807) is 18.8 Å². The van der Waals surface area contributed by atoms with Crippen molar-refractivity contribution in [2.24, 2.45) is 0 Å². The standard InChI is InChI=1S/C15H17ClFN3OS2/c1-15(2,22-4)6-11(21)20(3)14-12(16)19-13(23-14)9-5-10(17)8-18-7-9/h5,7-8H,6H2,1-4H3. The van der Waals surface area contributed by atoms with Crippen molar-refractivity contribution in [3.63, 3.8) is 0 Å². The van der Waals surface area contributed by atoms with E-state index in [4.69, 9.17) is 11.6 Å². The van der Waals surface area contributed by atoms with Gasteiger partial charge in [0.2, 0.25) is 5.91 Å². The maximum atomic E-state index is 13.3. The molecule has 23 heavy (non-hydrogen) atoms. The number of carbonyl (C=O) groups excluding carboxylic acids is 1. The molecule has 0 saturated carbocycles. The minimum Gasteiger partial charge on any atom is -0.304 e. The number of hydrogen-bond donors (Lipinski definition) is 0. The van der Waals surface area contributed by atoms with Crippen LogP contribution in [0.25, 0.3) is 10.6 Å². The Morgan fingerprint density at radius 1 is 1.48 bits per heavy atom. The van der Waals surface area contributed by atoms with Crippen LogP contribution >= 0.6 is 34.7 Å². The number of thiazole rings is 1. The Kier molecular flexibility index (Phi) is 5.65. The summed E-state index contributed by atoms with van der Waals surface area (Å²) in [5.74, 6) is -0.486. The highest BCUT2D eigenvalue weighted by atomic mass is 35.5. The van der Waals surface area contributed by atoms with Crippen LogP contribution in [0, 0.1) is 5.82 Å². The molecule has 0 unspecified atom stereocenters. The number of halogens is 2. The smallest absolute Gasteiger partial charge is 0.228 e. The van der Waals surface area contributed by atoms with Crippen LogP contribution in [0.3, 0.4) is 0 Å². The van der Waals surface area contributed by atoms with Gasteiger partial charge >= 0.3 is 0 Å². The summed E-state index contributed by atoms with van der Waals surface area (Å²) < 4.78 is 13.1. The molecule has 8 heteroatoms. The summed E-state index contributed by atoms with van der Waals surface area (Å²) in [7, 11) is 1.67. The first kappa shape index (κ1) is 18.2. The summed E-state index contributed by atoms with van der Waals surface area (Å²) in [6, 6.07) is 1.34. The van der Waals surface area contributed by atoms with Crippen LogP contribution < -0.4 is 4.90 Å². The van der Waals surface area contributed by atoms with Gasteiger partial charge in [-0.25, -0.2) is 9.37 Å². The summed E-state index contributed by atoms with van der Waals surface area (Å²) in [6.07, 6.45) is 5.00. The van der Waals surface area contributed by atoms with Gasteiger partial charge in [-0.2, -0.15) is 11.8 Å². The molecule has 2 aromatic heterocycles. The number of hydrogen-bond acceptors (Lipinski definition) is 5. The Morgan fingerprint density at radius 3 is 2.78 bits per heavy atom. The lowest BCUT2D eigenvalue weighted by atomic mass is 10.1. The van der Waals surface area contributed by atoms with Crippen molar-refractivity contribution in [3.05, 3.63) is 29.4 Å². The average molecular weight is 374 g/mol. The Hall–Kier alpha value is -1.18. The Bertz CT molecular complexity index is 720. The predicted molar refractivity (Wildman–Crippen MR) is 95.9 cm³/mol. The molecule has 0 aliphatic heterocycles. The number of rotatable bonds is 5. The lowest BCUT2D eigenvalue weighted by molar-refractivity contribution is -0.118. The first-order chi connectivity index (χ1) is 10.7. The molecule has 0 aliphatic carbocycles. The van der Waals surface area contributed by atoms with Crippen LogP contribution in [0.5, 0.6) is 0 Å². The van der Waals surface area contributed by atoms with Gasteiger partial charge in [-0.15, -0.1) is 0 Å². The van der Waals surface area contributed by atoms with Crippen molar-refractivity contribution in [2.45, 2.75) is 25.0 Å². The first-order valence-electron chi connectivity index (χ1n) is 6.82. The molecule has 0 atom stereocenters. The van der Waals surface area contributed by atoms with Crippen LogP contribution in [0.4, 0.5) is 9.39 Å². The van der Waals surface area contributed by atoms with Crippen LogP contribution in [-0.2, 0) is 4.79 Å². The highest BCUT2D eigenvalue weighted by molar-refractivity contribution is 7.99. The van der Waals surface area contributed by atoms with Crippen LogP contribution in [0.2, 0.25) is 5.15 Å². The number of nitrogens with zero attached hydrogens (tertiary/aromatic N) is 3. The van der Waals surface area contributed by atoms with E-state index in [0.29, 0.717) is 22.0 Å². The quantitative estimate of drug-likeness (QED) is 0.774. The van der Waals surface area contributed by atoms with Crippen LogP contribution in [0.1, 0.15) is 20.3 Å². The molecule has 0 aromatic carbocycles. The number of pyridine rings is 1. The van der Waals surface area contributed by atoms with E-state index in [9.17, 15) is 9.18 Å². The monoisotopic (exact) mass is 373 g/mol. The third kappa shape index (κ3) is 4.43. The molecule has 0 saturated heterocycles. The molecular weight excluding hydrogens is 357 g/mol. The Balaban J connectivity index is 2.25. The highest BCUT2D eigenvalue weighted by Gasteiger charge is 2.26. The Labute approximate surface area is 148 Å². The number of carbonyl (C=O) groups is 1. The maximum Gasteiger partial charge on any atom is 0.228 e. The zero-order valence-electron chi connectivity index (χ0n) is 13.3. The molecule has 0 radical (unpaired) electrons. The van der Waals surface area contributed by atoms with E-state index >= 15 is 0 Å². The lowest BCUT2D eigenvalue weighted by Crippen LogP contribution is -2.31. The van der Waals surface area contributed by atoms with Crippen LogP contribution in [0.15, 0.2) is 18.5 Å². The molecule has 0 spiro atoms. The summed E-state index contributed by atoms with van der Waals surface area (Å²) in [6.45, 7) is 4.03. The topological polar surface area (TPSA) is 46.1 Å². The number of thioether (sulfide) groups is 1. The molecule has 2 aromatic rings. The molecule has 0 fully saturated rings. The Morgan fingerprint density at radius 2 is 2.17 bits per heavy atom. The summed E-state index contributed by atoms with van der Waals surface area (Å²) in [4.78, 5) is 22.0. The molecule has 0 N–H and O–H groups in total. The molecule has 2 rings (SSSR count). The normalized spacial score (nSPS) is 11.6. The van der Waals surface area contributed by atoms with Crippen molar-refractivity contribution >= 4 is 45.6 Å². The maximum absolute atomic E-state index is 13.3. The summed E-state index contributed by atoms with van der Waals surface area (Å²) in [5, 5.41) is 1.31. The first-order valence-corrected chi connectivity index (χ1v) is 9.24.